The van der Waals surface area contributed by atoms with Gasteiger partial charge in [0.15, 0.2) is 0 Å². The Morgan fingerprint density at radius 1 is 0.947 bits per heavy atom. The van der Waals surface area contributed by atoms with E-state index in [4.69, 9.17) is 11.6 Å². The summed E-state index contributed by atoms with van der Waals surface area (Å²) in [4.78, 5) is 14.9. The number of thioether (sulfide) groups is 1. The second-order valence-corrected chi connectivity index (χ2v) is 13.4. The molecule has 3 rings (SSSR count). The second kappa shape index (κ2) is 11.4. The molecule has 2 heterocycles. The first kappa shape index (κ1) is 29.5. The van der Waals surface area contributed by atoms with Crippen molar-refractivity contribution >= 4 is 22.4 Å². The highest BCUT2D eigenvalue weighted by Crippen LogP contribution is 2.48. The van der Waals surface area contributed by atoms with E-state index in [1.165, 1.54) is 5.56 Å². The SMILES string of the molecule is [C-]#[N+]C1=C(C(C)C)C(=C(Sc2ccc(C(C)(C)C)cc2)c2[nH]c(C(C)C)c(C#N)c2C(C)C)N=C1C(C)C. The van der Waals surface area contributed by atoms with E-state index in [2.05, 4.69) is 116 Å². The van der Waals surface area contributed by atoms with Gasteiger partial charge < -0.3 is 4.98 Å². The fourth-order valence-electron chi connectivity index (χ4n) is 4.93. The lowest BCUT2D eigenvalue weighted by Crippen LogP contribution is -2.10. The first-order valence-electron chi connectivity index (χ1n) is 13.6. The highest BCUT2D eigenvalue weighted by Gasteiger charge is 2.33. The van der Waals surface area contributed by atoms with E-state index in [-0.39, 0.29) is 29.1 Å². The molecule has 0 atom stereocenters. The van der Waals surface area contributed by atoms with Gasteiger partial charge in [-0.05, 0) is 57.9 Å². The zero-order valence-corrected chi connectivity index (χ0v) is 25.7. The van der Waals surface area contributed by atoms with E-state index in [1.807, 2.05) is 0 Å². The monoisotopic (exact) mass is 526 g/mol. The number of aliphatic imine (C=N–C) groups is 1. The number of nitrogens with one attached hydrogen (secondary N) is 1. The molecule has 1 aromatic carbocycles. The molecule has 0 spiro atoms. The third-order valence-corrected chi connectivity index (χ3v) is 8.05. The van der Waals surface area contributed by atoms with Crippen LogP contribution in [-0.4, -0.2) is 10.7 Å². The number of H-pyrrole nitrogens is 1. The fraction of sp³-hybridized carbons (Fsp3) is 0.485. The topological polar surface area (TPSA) is 56.3 Å². The quantitative estimate of drug-likeness (QED) is 0.288. The van der Waals surface area contributed by atoms with E-state index in [9.17, 15) is 5.26 Å². The Kier molecular flexibility index (Phi) is 8.85. The summed E-state index contributed by atoms with van der Waals surface area (Å²) < 4.78 is 0. The maximum Gasteiger partial charge on any atom is 0.214 e. The molecule has 4 nitrogen and oxygen atoms in total. The number of allylic oxidation sites excluding steroid dienone is 2. The number of aromatic nitrogens is 1. The summed E-state index contributed by atoms with van der Waals surface area (Å²) in [7, 11) is 0. The molecule has 0 bridgehead atoms. The molecule has 0 radical (unpaired) electrons. The predicted molar refractivity (Wildman–Crippen MR) is 162 cm³/mol. The average Bonchev–Trinajstić information content (AvgIpc) is 3.41. The van der Waals surface area contributed by atoms with Gasteiger partial charge in [-0.15, -0.1) is 0 Å². The lowest BCUT2D eigenvalue weighted by Gasteiger charge is -2.20. The van der Waals surface area contributed by atoms with E-state index in [0.29, 0.717) is 5.70 Å². The van der Waals surface area contributed by atoms with Gasteiger partial charge in [-0.3, -0.25) is 4.99 Å². The third kappa shape index (κ3) is 5.69. The maximum absolute atomic E-state index is 10.2. The highest BCUT2D eigenvalue weighted by atomic mass is 32.2. The lowest BCUT2D eigenvalue weighted by atomic mass is 9.87. The van der Waals surface area contributed by atoms with Crippen LogP contribution in [0.1, 0.15) is 116 Å². The molecular weight excluding hydrogens is 484 g/mol. The first-order valence-corrected chi connectivity index (χ1v) is 14.4. The molecule has 0 saturated heterocycles. The van der Waals surface area contributed by atoms with Gasteiger partial charge in [0.25, 0.3) is 0 Å². The van der Waals surface area contributed by atoms with Crippen molar-refractivity contribution in [3.63, 3.8) is 0 Å². The van der Waals surface area contributed by atoms with Gasteiger partial charge in [0, 0.05) is 10.6 Å². The van der Waals surface area contributed by atoms with Gasteiger partial charge in [0.1, 0.15) is 6.07 Å². The zero-order chi connectivity index (χ0) is 28.5. The Morgan fingerprint density at radius 2 is 1.55 bits per heavy atom. The van der Waals surface area contributed by atoms with Crippen molar-refractivity contribution in [3.8, 4) is 6.07 Å². The van der Waals surface area contributed by atoms with Crippen molar-refractivity contribution in [1.29, 1.82) is 5.26 Å². The minimum absolute atomic E-state index is 0.0720. The van der Waals surface area contributed by atoms with Crippen molar-refractivity contribution in [3.05, 3.63) is 80.7 Å². The summed E-state index contributed by atoms with van der Waals surface area (Å²) in [5.41, 5.74) is 8.41. The van der Waals surface area contributed by atoms with Gasteiger partial charge >= 0.3 is 0 Å². The molecule has 0 aliphatic carbocycles. The average molecular weight is 527 g/mol. The van der Waals surface area contributed by atoms with Crippen LogP contribution in [-0.2, 0) is 5.41 Å². The molecule has 0 unspecified atom stereocenters. The molecule has 0 saturated carbocycles. The normalized spacial score (nSPS) is 15.6. The number of benzene rings is 1. The Balaban J connectivity index is 2.42. The van der Waals surface area contributed by atoms with Crippen LogP contribution in [0.2, 0.25) is 0 Å². The van der Waals surface area contributed by atoms with Crippen LogP contribution in [0.4, 0.5) is 0 Å². The molecule has 1 aliphatic heterocycles. The molecule has 5 heteroatoms. The van der Waals surface area contributed by atoms with Gasteiger partial charge in [0.05, 0.1) is 34.1 Å². The van der Waals surface area contributed by atoms with E-state index in [1.54, 1.807) is 11.8 Å². The van der Waals surface area contributed by atoms with Gasteiger partial charge in [-0.2, -0.15) is 5.26 Å². The van der Waals surface area contributed by atoms with Gasteiger partial charge in [0.2, 0.25) is 5.70 Å². The van der Waals surface area contributed by atoms with Crippen LogP contribution < -0.4 is 0 Å². The van der Waals surface area contributed by atoms with Crippen LogP contribution in [0.25, 0.3) is 9.75 Å². The van der Waals surface area contributed by atoms with Crippen LogP contribution in [0.15, 0.2) is 51.1 Å². The van der Waals surface area contributed by atoms with Gasteiger partial charge in [-0.1, -0.05) is 100 Å². The minimum Gasteiger partial charge on any atom is -0.356 e. The second-order valence-electron chi connectivity index (χ2n) is 12.4. The largest absolute Gasteiger partial charge is 0.356 e. The van der Waals surface area contributed by atoms with Crippen molar-refractivity contribution in [2.24, 2.45) is 16.8 Å². The van der Waals surface area contributed by atoms with Crippen LogP contribution in [0.3, 0.4) is 0 Å². The van der Waals surface area contributed by atoms with Crippen LogP contribution in [0.5, 0.6) is 0 Å². The molecule has 200 valence electrons. The third-order valence-electron chi connectivity index (χ3n) is 6.94. The molecule has 2 aromatic rings. The standard InChI is InChI=1S/C33H42N4S/c1-18(2)25-24(17-34)27(20(5)6)36-30(25)32(38-23-15-13-22(14-16-23)33(9,10)11)31-26(19(3)4)29(35-12)28(37-31)21(7)8/h13-16,18-21,36H,1-11H3. The summed E-state index contributed by atoms with van der Waals surface area (Å²) in [6, 6.07) is 11.3. The van der Waals surface area contributed by atoms with Crippen molar-refractivity contribution in [2.45, 2.75) is 98.3 Å². The zero-order valence-electron chi connectivity index (χ0n) is 24.9. The molecule has 1 aromatic heterocycles. The number of hydrogen-bond donors (Lipinski definition) is 1. The first-order chi connectivity index (χ1) is 17.7. The Labute approximate surface area is 234 Å². The lowest BCUT2D eigenvalue weighted by molar-refractivity contribution is 0.590. The molecular formula is C33H42N4S. The molecule has 1 aliphatic rings. The van der Waals surface area contributed by atoms with Crippen LogP contribution in [0, 0.1) is 29.7 Å². The number of rotatable bonds is 7. The number of nitriles is 1. The van der Waals surface area contributed by atoms with E-state index >= 15 is 0 Å². The predicted octanol–water partition coefficient (Wildman–Crippen LogP) is 9.83. The Morgan fingerprint density at radius 3 is 1.97 bits per heavy atom. The molecule has 38 heavy (non-hydrogen) atoms. The number of aromatic amines is 1. The number of hydrogen-bond acceptors (Lipinski definition) is 3. The van der Waals surface area contributed by atoms with Crippen LogP contribution >= 0.6 is 11.8 Å². The number of nitrogens with zero attached hydrogens (tertiary/aromatic N) is 3. The maximum atomic E-state index is 10.2. The fourth-order valence-corrected chi connectivity index (χ4v) is 5.95. The summed E-state index contributed by atoms with van der Waals surface area (Å²) in [6.45, 7) is 31.7. The molecule has 0 fully saturated rings. The Bertz CT molecular complexity index is 1370. The Hall–Kier alpha value is -3.02. The van der Waals surface area contributed by atoms with Gasteiger partial charge in [-0.25, -0.2) is 4.85 Å². The highest BCUT2D eigenvalue weighted by molar-refractivity contribution is 8.08. The van der Waals surface area contributed by atoms with E-state index in [0.717, 1.165) is 49.3 Å². The minimum atomic E-state index is 0.0720. The van der Waals surface area contributed by atoms with E-state index < -0.39 is 0 Å². The molecule has 0 amide bonds. The smallest absolute Gasteiger partial charge is 0.214 e. The van der Waals surface area contributed by atoms with Crippen molar-refractivity contribution < 1.29 is 0 Å². The molecule has 1 N–H and O–H groups in total. The van der Waals surface area contributed by atoms with Crippen molar-refractivity contribution in [2.75, 3.05) is 0 Å². The summed E-state index contributed by atoms with van der Waals surface area (Å²) >= 11 is 1.68. The summed E-state index contributed by atoms with van der Waals surface area (Å²) in [5, 5.41) is 10.2. The summed E-state index contributed by atoms with van der Waals surface area (Å²) in [5.74, 6) is 0.585. The summed E-state index contributed by atoms with van der Waals surface area (Å²) in [6.07, 6.45) is 0. The van der Waals surface area contributed by atoms with Crippen molar-refractivity contribution in [1.82, 2.24) is 4.98 Å².